The zero-order valence-corrected chi connectivity index (χ0v) is 11.5. The second-order valence-electron chi connectivity index (χ2n) is 6.51. The maximum atomic E-state index is 10.4. The van der Waals surface area contributed by atoms with E-state index in [1.165, 1.54) is 12.0 Å². The first-order valence-electron chi connectivity index (χ1n) is 6.95. The van der Waals surface area contributed by atoms with E-state index in [0.717, 1.165) is 19.3 Å². The van der Waals surface area contributed by atoms with Crippen molar-refractivity contribution in [2.75, 3.05) is 0 Å². The van der Waals surface area contributed by atoms with Crippen LogP contribution in [0.15, 0.2) is 30.3 Å². The Hall–Kier alpha value is -0.860. The molecule has 18 heavy (non-hydrogen) atoms. The third-order valence-electron chi connectivity index (χ3n) is 4.24. The lowest BCUT2D eigenvalue weighted by Crippen LogP contribution is -2.41. The Labute approximate surface area is 110 Å². The predicted molar refractivity (Wildman–Crippen MR) is 75.3 cm³/mol. The summed E-state index contributed by atoms with van der Waals surface area (Å²) >= 11 is 0. The zero-order chi connectivity index (χ0) is 13.2. The number of rotatable bonds is 4. The van der Waals surface area contributed by atoms with Gasteiger partial charge in [-0.05, 0) is 42.6 Å². The van der Waals surface area contributed by atoms with Gasteiger partial charge in [-0.1, -0.05) is 44.2 Å². The molecule has 0 heterocycles. The molecule has 0 bridgehead atoms. The topological polar surface area (TPSA) is 46.2 Å². The summed E-state index contributed by atoms with van der Waals surface area (Å²) in [6.45, 7) is 4.56. The monoisotopic (exact) mass is 247 g/mol. The van der Waals surface area contributed by atoms with Crippen LogP contribution in [0, 0.1) is 11.3 Å². The molecule has 1 saturated carbocycles. The van der Waals surface area contributed by atoms with Gasteiger partial charge in [0.2, 0.25) is 0 Å². The molecule has 1 aliphatic rings. The molecule has 0 radical (unpaired) electrons. The second kappa shape index (κ2) is 5.41. The average Bonchev–Trinajstić information content (AvgIpc) is 2.70. The van der Waals surface area contributed by atoms with Gasteiger partial charge in [0.15, 0.2) is 0 Å². The van der Waals surface area contributed by atoms with E-state index in [2.05, 4.69) is 26.0 Å². The van der Waals surface area contributed by atoms with Crippen LogP contribution in [0.4, 0.5) is 0 Å². The van der Waals surface area contributed by atoms with Gasteiger partial charge in [0.05, 0.1) is 6.10 Å². The first-order valence-corrected chi connectivity index (χ1v) is 6.95. The molecule has 0 saturated heterocycles. The van der Waals surface area contributed by atoms with E-state index in [4.69, 9.17) is 5.73 Å². The smallest absolute Gasteiger partial charge is 0.0722 e. The predicted octanol–water partition coefficient (Wildman–Crippen LogP) is 2.74. The van der Waals surface area contributed by atoms with Crippen molar-refractivity contribution in [1.82, 2.24) is 0 Å². The standard InChI is InChI=1S/C16H25NO/c1-16(2)9-8-13(11-16)15(18)14(17)10-12-6-4-3-5-7-12/h3-7,13-15,18H,8-11,17H2,1-2H3/t13-,14-,15+/m0/s1. The molecule has 0 unspecified atom stereocenters. The van der Waals surface area contributed by atoms with Crippen LogP contribution in [0.1, 0.15) is 38.7 Å². The minimum atomic E-state index is -0.369. The van der Waals surface area contributed by atoms with Gasteiger partial charge in [-0.3, -0.25) is 0 Å². The summed E-state index contributed by atoms with van der Waals surface area (Å²) in [5.74, 6) is 0.374. The molecular formula is C16H25NO. The molecular weight excluding hydrogens is 222 g/mol. The summed E-state index contributed by atoms with van der Waals surface area (Å²) in [4.78, 5) is 0. The summed E-state index contributed by atoms with van der Waals surface area (Å²) in [5, 5.41) is 10.4. The van der Waals surface area contributed by atoms with Crippen molar-refractivity contribution in [2.24, 2.45) is 17.1 Å². The minimum Gasteiger partial charge on any atom is -0.391 e. The third-order valence-corrected chi connectivity index (χ3v) is 4.24. The van der Waals surface area contributed by atoms with Crippen LogP contribution in [0.3, 0.4) is 0 Å². The number of benzene rings is 1. The largest absolute Gasteiger partial charge is 0.391 e. The van der Waals surface area contributed by atoms with E-state index in [1.807, 2.05) is 18.2 Å². The quantitative estimate of drug-likeness (QED) is 0.859. The van der Waals surface area contributed by atoms with Crippen LogP contribution in [0.25, 0.3) is 0 Å². The third kappa shape index (κ3) is 3.33. The number of aliphatic hydroxyl groups is 1. The fourth-order valence-electron chi connectivity index (χ4n) is 3.14. The molecule has 0 aliphatic heterocycles. The van der Waals surface area contributed by atoms with E-state index in [1.54, 1.807) is 0 Å². The first kappa shape index (κ1) is 13.6. The van der Waals surface area contributed by atoms with Crippen molar-refractivity contribution in [3.63, 3.8) is 0 Å². The van der Waals surface area contributed by atoms with E-state index in [-0.39, 0.29) is 12.1 Å². The van der Waals surface area contributed by atoms with E-state index in [9.17, 15) is 5.11 Å². The molecule has 0 aromatic heterocycles. The van der Waals surface area contributed by atoms with Crippen molar-refractivity contribution >= 4 is 0 Å². The zero-order valence-electron chi connectivity index (χ0n) is 11.5. The SMILES string of the molecule is CC1(C)CC[C@H]([C@@H](O)[C@@H](N)Cc2ccccc2)C1. The van der Waals surface area contributed by atoms with Crippen LogP contribution in [-0.2, 0) is 6.42 Å². The van der Waals surface area contributed by atoms with Crippen LogP contribution in [-0.4, -0.2) is 17.3 Å². The maximum absolute atomic E-state index is 10.4. The van der Waals surface area contributed by atoms with Crippen LogP contribution >= 0.6 is 0 Å². The fraction of sp³-hybridized carbons (Fsp3) is 0.625. The highest BCUT2D eigenvalue weighted by Gasteiger charge is 2.36. The maximum Gasteiger partial charge on any atom is 0.0722 e. The molecule has 2 nitrogen and oxygen atoms in total. The Balaban J connectivity index is 1.91. The summed E-state index contributed by atoms with van der Waals surface area (Å²) in [7, 11) is 0. The lowest BCUT2D eigenvalue weighted by molar-refractivity contribution is 0.0793. The molecule has 3 atom stereocenters. The van der Waals surface area contributed by atoms with Gasteiger partial charge in [-0.15, -0.1) is 0 Å². The van der Waals surface area contributed by atoms with E-state index in [0.29, 0.717) is 11.3 Å². The van der Waals surface area contributed by atoms with Crippen LogP contribution in [0.2, 0.25) is 0 Å². The van der Waals surface area contributed by atoms with Gasteiger partial charge in [0.1, 0.15) is 0 Å². The van der Waals surface area contributed by atoms with Gasteiger partial charge in [-0.25, -0.2) is 0 Å². The highest BCUT2D eigenvalue weighted by atomic mass is 16.3. The minimum absolute atomic E-state index is 0.147. The molecule has 100 valence electrons. The van der Waals surface area contributed by atoms with Crippen molar-refractivity contribution in [2.45, 2.75) is 51.7 Å². The summed E-state index contributed by atoms with van der Waals surface area (Å²) in [6, 6.07) is 10.0. The number of hydrogen-bond acceptors (Lipinski definition) is 2. The molecule has 0 spiro atoms. The molecule has 2 heteroatoms. The lowest BCUT2D eigenvalue weighted by atomic mass is 9.86. The fourth-order valence-corrected chi connectivity index (χ4v) is 3.14. The summed E-state index contributed by atoms with van der Waals surface area (Å²) in [6.07, 6.45) is 3.80. The number of aliphatic hydroxyl groups excluding tert-OH is 1. The van der Waals surface area contributed by atoms with Gasteiger partial charge in [0, 0.05) is 6.04 Å². The van der Waals surface area contributed by atoms with Gasteiger partial charge in [-0.2, -0.15) is 0 Å². The average molecular weight is 247 g/mol. The van der Waals surface area contributed by atoms with Crippen molar-refractivity contribution in [3.05, 3.63) is 35.9 Å². The summed E-state index contributed by atoms with van der Waals surface area (Å²) in [5.41, 5.74) is 7.75. The van der Waals surface area contributed by atoms with Gasteiger partial charge >= 0.3 is 0 Å². The van der Waals surface area contributed by atoms with E-state index < -0.39 is 0 Å². The van der Waals surface area contributed by atoms with E-state index >= 15 is 0 Å². The van der Waals surface area contributed by atoms with Crippen LogP contribution < -0.4 is 5.73 Å². The van der Waals surface area contributed by atoms with Gasteiger partial charge in [0.25, 0.3) is 0 Å². The second-order valence-corrected chi connectivity index (χ2v) is 6.51. The van der Waals surface area contributed by atoms with Crippen molar-refractivity contribution in [1.29, 1.82) is 0 Å². The number of hydrogen-bond donors (Lipinski definition) is 2. The lowest BCUT2D eigenvalue weighted by Gasteiger charge is -2.26. The molecule has 1 aromatic rings. The Morgan fingerprint density at radius 2 is 2.00 bits per heavy atom. The molecule has 1 fully saturated rings. The molecule has 2 rings (SSSR count). The number of nitrogens with two attached hydrogens (primary N) is 1. The Kier molecular flexibility index (Phi) is 4.08. The highest BCUT2D eigenvalue weighted by Crippen LogP contribution is 2.42. The molecule has 1 aliphatic carbocycles. The normalized spacial score (nSPS) is 25.9. The molecule has 3 N–H and O–H groups in total. The molecule has 0 amide bonds. The Morgan fingerprint density at radius 3 is 2.56 bits per heavy atom. The highest BCUT2D eigenvalue weighted by molar-refractivity contribution is 5.16. The Morgan fingerprint density at radius 1 is 1.33 bits per heavy atom. The van der Waals surface area contributed by atoms with Crippen LogP contribution in [0.5, 0.6) is 0 Å². The van der Waals surface area contributed by atoms with Gasteiger partial charge < -0.3 is 10.8 Å². The van der Waals surface area contributed by atoms with Crippen molar-refractivity contribution in [3.8, 4) is 0 Å². The Bertz CT molecular complexity index is 374. The van der Waals surface area contributed by atoms with Crippen molar-refractivity contribution < 1.29 is 5.11 Å². The molecule has 1 aromatic carbocycles. The first-order chi connectivity index (χ1) is 8.48. The summed E-state index contributed by atoms with van der Waals surface area (Å²) < 4.78 is 0.